The van der Waals surface area contributed by atoms with Gasteiger partial charge in [-0.1, -0.05) is 12.1 Å². The summed E-state index contributed by atoms with van der Waals surface area (Å²) < 4.78 is 11.1. The lowest BCUT2D eigenvalue weighted by Crippen LogP contribution is -2.21. The quantitative estimate of drug-likeness (QED) is 0.655. The summed E-state index contributed by atoms with van der Waals surface area (Å²) in [7, 11) is 1.58. The van der Waals surface area contributed by atoms with E-state index in [-0.39, 0.29) is 12.0 Å². The smallest absolute Gasteiger partial charge is 0.273 e. The Kier molecular flexibility index (Phi) is 4.24. The molecule has 1 aromatic carbocycles. The number of thiocarbonyl (C=S) groups is 1. The molecule has 106 valence electrons. The van der Waals surface area contributed by atoms with Gasteiger partial charge in [-0.3, -0.25) is 10.1 Å². The second-order valence-corrected chi connectivity index (χ2v) is 4.92. The van der Waals surface area contributed by atoms with E-state index in [0.717, 1.165) is 5.56 Å². The highest BCUT2D eigenvalue weighted by Gasteiger charge is 2.21. The van der Waals surface area contributed by atoms with E-state index < -0.39 is 0 Å². The third-order valence-corrected chi connectivity index (χ3v) is 2.81. The number of carbonyl (C=O) groups excluding carboxylic acids is 1. The number of hydrogen-bond acceptors (Lipinski definition) is 4. The van der Waals surface area contributed by atoms with Gasteiger partial charge in [-0.05, 0) is 38.2 Å². The second-order valence-electron chi connectivity index (χ2n) is 4.51. The Balaban J connectivity index is 2.43. The van der Waals surface area contributed by atoms with Crippen molar-refractivity contribution in [2.45, 2.75) is 20.0 Å². The van der Waals surface area contributed by atoms with Crippen molar-refractivity contribution in [1.29, 1.82) is 0 Å². The topological polar surface area (TPSA) is 59.6 Å². The summed E-state index contributed by atoms with van der Waals surface area (Å²) in [5.41, 5.74) is 1.14. The summed E-state index contributed by atoms with van der Waals surface area (Å²) in [6.07, 6.45) is 1.68. The predicted molar refractivity (Wildman–Crippen MR) is 80.6 cm³/mol. The average Bonchev–Trinajstić information content (AvgIpc) is 2.69. The summed E-state index contributed by atoms with van der Waals surface area (Å²) in [5.74, 6) is 0.965. The maximum atomic E-state index is 11.7. The van der Waals surface area contributed by atoms with Crippen molar-refractivity contribution in [3.05, 3.63) is 29.5 Å². The molecule has 1 amide bonds. The highest BCUT2D eigenvalue weighted by atomic mass is 32.1. The van der Waals surface area contributed by atoms with Gasteiger partial charge in [-0.2, -0.15) is 0 Å². The number of methoxy groups -OCH3 is 1. The van der Waals surface area contributed by atoms with Crippen LogP contribution in [0.4, 0.5) is 0 Å². The zero-order valence-electron chi connectivity index (χ0n) is 11.5. The highest BCUT2D eigenvalue weighted by molar-refractivity contribution is 7.80. The number of nitrogens with one attached hydrogen (secondary N) is 2. The fourth-order valence-electron chi connectivity index (χ4n) is 1.81. The first-order valence-corrected chi connectivity index (χ1v) is 6.59. The number of benzene rings is 1. The molecule has 1 aromatic rings. The van der Waals surface area contributed by atoms with Crippen molar-refractivity contribution >= 4 is 29.3 Å². The third kappa shape index (κ3) is 3.08. The monoisotopic (exact) mass is 292 g/mol. The van der Waals surface area contributed by atoms with Crippen LogP contribution in [0.15, 0.2) is 23.9 Å². The SMILES string of the molecule is COc1cccc(/C=C2/NC(=S)NC2=O)c1OC(C)C. The van der Waals surface area contributed by atoms with Gasteiger partial charge in [0.25, 0.3) is 5.91 Å². The van der Waals surface area contributed by atoms with Crippen LogP contribution in [-0.2, 0) is 4.79 Å². The molecule has 0 spiro atoms. The average molecular weight is 292 g/mol. The Hall–Kier alpha value is -2.08. The van der Waals surface area contributed by atoms with Gasteiger partial charge in [0.15, 0.2) is 16.6 Å². The summed E-state index contributed by atoms with van der Waals surface area (Å²) in [6.45, 7) is 3.86. The Labute approximate surface area is 123 Å². The van der Waals surface area contributed by atoms with E-state index in [0.29, 0.717) is 22.3 Å². The van der Waals surface area contributed by atoms with E-state index in [2.05, 4.69) is 10.6 Å². The fourth-order valence-corrected chi connectivity index (χ4v) is 2.01. The van der Waals surface area contributed by atoms with Gasteiger partial charge >= 0.3 is 0 Å². The van der Waals surface area contributed by atoms with Crippen LogP contribution in [0, 0.1) is 0 Å². The first kappa shape index (κ1) is 14.3. The van der Waals surface area contributed by atoms with E-state index in [1.165, 1.54) is 0 Å². The van der Waals surface area contributed by atoms with Crippen LogP contribution in [0.25, 0.3) is 6.08 Å². The Morgan fingerprint density at radius 2 is 2.05 bits per heavy atom. The molecule has 0 aromatic heterocycles. The van der Waals surface area contributed by atoms with Gasteiger partial charge in [0, 0.05) is 5.56 Å². The Morgan fingerprint density at radius 1 is 1.30 bits per heavy atom. The van der Waals surface area contributed by atoms with Gasteiger partial charge in [0.1, 0.15) is 5.70 Å². The van der Waals surface area contributed by atoms with Crippen LogP contribution in [0.5, 0.6) is 11.5 Å². The molecule has 1 aliphatic heterocycles. The fraction of sp³-hybridized carbons (Fsp3) is 0.286. The molecule has 5 nitrogen and oxygen atoms in total. The minimum absolute atomic E-state index is 0.00473. The van der Waals surface area contributed by atoms with E-state index in [1.54, 1.807) is 13.2 Å². The maximum Gasteiger partial charge on any atom is 0.273 e. The Morgan fingerprint density at radius 3 is 2.60 bits per heavy atom. The number of para-hydroxylation sites is 1. The molecule has 6 heteroatoms. The van der Waals surface area contributed by atoms with Gasteiger partial charge in [0.2, 0.25) is 0 Å². The van der Waals surface area contributed by atoms with Gasteiger partial charge in [-0.25, -0.2) is 0 Å². The van der Waals surface area contributed by atoms with Crippen molar-refractivity contribution < 1.29 is 14.3 Å². The minimum atomic E-state index is -0.256. The van der Waals surface area contributed by atoms with Gasteiger partial charge in [-0.15, -0.1) is 0 Å². The van der Waals surface area contributed by atoms with E-state index in [1.807, 2.05) is 32.0 Å². The lowest BCUT2D eigenvalue weighted by molar-refractivity contribution is -0.115. The minimum Gasteiger partial charge on any atom is -0.493 e. The second kappa shape index (κ2) is 5.92. The first-order valence-electron chi connectivity index (χ1n) is 6.19. The van der Waals surface area contributed by atoms with Crippen LogP contribution >= 0.6 is 12.2 Å². The molecule has 0 atom stereocenters. The van der Waals surface area contributed by atoms with Crippen molar-refractivity contribution in [2.24, 2.45) is 0 Å². The van der Waals surface area contributed by atoms with Crippen molar-refractivity contribution in [2.75, 3.05) is 7.11 Å². The lowest BCUT2D eigenvalue weighted by atomic mass is 10.1. The molecular weight excluding hydrogens is 276 g/mol. The number of rotatable bonds is 4. The van der Waals surface area contributed by atoms with Gasteiger partial charge in [0.05, 0.1) is 13.2 Å². The van der Waals surface area contributed by atoms with Gasteiger partial charge < -0.3 is 14.8 Å². The first-order chi connectivity index (χ1) is 9.51. The van der Waals surface area contributed by atoms with Crippen LogP contribution in [-0.4, -0.2) is 24.2 Å². The number of carbonyl (C=O) groups is 1. The molecule has 0 unspecified atom stereocenters. The molecule has 0 saturated carbocycles. The zero-order valence-corrected chi connectivity index (χ0v) is 12.3. The van der Waals surface area contributed by atoms with Crippen molar-refractivity contribution in [1.82, 2.24) is 10.6 Å². The molecule has 1 heterocycles. The normalized spacial score (nSPS) is 16.3. The van der Waals surface area contributed by atoms with Crippen LogP contribution < -0.4 is 20.1 Å². The molecule has 2 rings (SSSR count). The molecular formula is C14H16N2O3S. The molecule has 0 radical (unpaired) electrons. The number of amides is 1. The molecule has 0 aliphatic carbocycles. The zero-order chi connectivity index (χ0) is 14.7. The highest BCUT2D eigenvalue weighted by Crippen LogP contribution is 2.33. The summed E-state index contributed by atoms with van der Waals surface area (Å²) >= 11 is 4.90. The molecule has 1 fully saturated rings. The van der Waals surface area contributed by atoms with Crippen LogP contribution in [0.1, 0.15) is 19.4 Å². The lowest BCUT2D eigenvalue weighted by Gasteiger charge is -2.16. The maximum absolute atomic E-state index is 11.7. The largest absolute Gasteiger partial charge is 0.493 e. The molecule has 2 N–H and O–H groups in total. The Bertz CT molecular complexity index is 582. The van der Waals surface area contributed by atoms with Crippen LogP contribution in [0.2, 0.25) is 0 Å². The predicted octanol–water partition coefficient (Wildman–Crippen LogP) is 1.83. The van der Waals surface area contributed by atoms with E-state index in [4.69, 9.17) is 21.7 Å². The van der Waals surface area contributed by atoms with Crippen molar-refractivity contribution in [3.8, 4) is 11.5 Å². The number of hydrogen-bond donors (Lipinski definition) is 2. The van der Waals surface area contributed by atoms with Crippen molar-refractivity contribution in [3.63, 3.8) is 0 Å². The summed E-state index contributed by atoms with van der Waals surface area (Å²) in [6, 6.07) is 5.50. The molecule has 1 saturated heterocycles. The summed E-state index contributed by atoms with van der Waals surface area (Å²) in [5, 5.41) is 5.62. The van der Waals surface area contributed by atoms with E-state index >= 15 is 0 Å². The third-order valence-electron chi connectivity index (χ3n) is 2.60. The van der Waals surface area contributed by atoms with E-state index in [9.17, 15) is 4.79 Å². The standard InChI is InChI=1S/C14H16N2O3S/c1-8(2)19-12-9(5-4-6-11(12)18-3)7-10-13(17)16-14(20)15-10/h4-8H,1-3H3,(H2,15,16,17,20)/b10-7+. The number of ether oxygens (including phenoxy) is 2. The molecule has 1 aliphatic rings. The summed E-state index contributed by atoms with van der Waals surface area (Å²) in [4.78, 5) is 11.7. The van der Waals surface area contributed by atoms with Crippen LogP contribution in [0.3, 0.4) is 0 Å². The molecule has 20 heavy (non-hydrogen) atoms. The molecule has 0 bridgehead atoms.